The Morgan fingerprint density at radius 1 is 0.487 bits per heavy atom. The van der Waals surface area contributed by atoms with Gasteiger partial charge in [-0.3, -0.25) is 0 Å². The molecule has 0 saturated heterocycles. The van der Waals surface area contributed by atoms with E-state index in [0.29, 0.717) is 0 Å². The summed E-state index contributed by atoms with van der Waals surface area (Å²) in [6.45, 7) is 0. The lowest BCUT2D eigenvalue weighted by atomic mass is 9.99. The number of fused-ring (bicyclic) bond motifs is 9. The molecule has 0 spiro atoms. The second kappa shape index (κ2) is 7.75. The summed E-state index contributed by atoms with van der Waals surface area (Å²) in [5, 5.41) is 6.31. The average Bonchev–Trinajstić information content (AvgIpc) is 3.64. The summed E-state index contributed by atoms with van der Waals surface area (Å²) in [6, 6.07) is 41.4. The zero-order valence-electron chi connectivity index (χ0n) is 21.3. The Morgan fingerprint density at radius 3 is 1.56 bits per heavy atom. The first-order valence-electron chi connectivity index (χ1n) is 13.6. The van der Waals surface area contributed by atoms with Gasteiger partial charge in [0.1, 0.15) is 11.3 Å². The maximum atomic E-state index is 6.42. The van der Waals surface area contributed by atoms with Gasteiger partial charge in [-0.15, -0.1) is 0 Å². The summed E-state index contributed by atoms with van der Waals surface area (Å²) in [5.74, 6) is 1.08. The molecule has 0 aliphatic heterocycles. The summed E-state index contributed by atoms with van der Waals surface area (Å²) in [5.41, 5.74) is 9.57. The molecule has 1 aliphatic rings. The van der Waals surface area contributed by atoms with Crippen molar-refractivity contribution in [3.05, 3.63) is 127 Å². The normalized spacial score (nSPS) is 13.6. The van der Waals surface area contributed by atoms with Gasteiger partial charge in [-0.25, -0.2) is 0 Å². The van der Waals surface area contributed by atoms with Gasteiger partial charge in [-0.05, 0) is 55.0 Å². The third-order valence-electron chi connectivity index (χ3n) is 8.41. The molecule has 0 bridgehead atoms. The Balaban J connectivity index is 1.29. The fourth-order valence-corrected chi connectivity index (χ4v) is 6.73. The number of rotatable bonds is 2. The van der Waals surface area contributed by atoms with Crippen LogP contribution in [0.3, 0.4) is 0 Å². The standard InChI is InChI=1S/C36H24N2O/c1-5-13-31-25(9-1)26-10-2-6-14-32(26)37(31)23-17-19-35-29(21-23)30-22-24(18-20-36(30)39-35)38-33-15-7-3-11-27(33)28-12-4-8-16-34(28)38/h1-17,19,21-22H,18,20H2. The molecular weight excluding hydrogens is 476 g/mol. The number of aromatic nitrogens is 2. The van der Waals surface area contributed by atoms with Crippen LogP contribution in [-0.4, -0.2) is 9.13 Å². The lowest BCUT2D eigenvalue weighted by Crippen LogP contribution is -2.03. The van der Waals surface area contributed by atoms with Crippen molar-refractivity contribution in [3.8, 4) is 5.69 Å². The van der Waals surface area contributed by atoms with E-state index in [2.05, 4.69) is 130 Å². The molecular formula is C36H24N2O. The highest BCUT2D eigenvalue weighted by Crippen LogP contribution is 2.40. The summed E-state index contributed by atoms with van der Waals surface area (Å²) < 4.78 is 11.2. The zero-order chi connectivity index (χ0) is 25.5. The van der Waals surface area contributed by atoms with Crippen molar-refractivity contribution in [1.29, 1.82) is 0 Å². The third kappa shape index (κ3) is 2.87. The number of para-hydroxylation sites is 4. The number of furan rings is 1. The van der Waals surface area contributed by atoms with Crippen LogP contribution in [0.15, 0.2) is 120 Å². The van der Waals surface area contributed by atoms with Gasteiger partial charge in [0, 0.05) is 50.3 Å². The second-order valence-electron chi connectivity index (χ2n) is 10.5. The maximum Gasteiger partial charge on any atom is 0.135 e. The molecule has 0 N–H and O–H groups in total. The van der Waals surface area contributed by atoms with Crippen molar-refractivity contribution in [2.24, 2.45) is 0 Å². The van der Waals surface area contributed by atoms with E-state index in [4.69, 9.17) is 4.42 Å². The first-order chi connectivity index (χ1) is 19.3. The van der Waals surface area contributed by atoms with Crippen LogP contribution in [0.25, 0.3) is 72.0 Å². The molecule has 0 fully saturated rings. The van der Waals surface area contributed by atoms with Gasteiger partial charge >= 0.3 is 0 Å². The summed E-state index contributed by atoms with van der Waals surface area (Å²) in [7, 11) is 0. The molecule has 184 valence electrons. The average molecular weight is 501 g/mol. The Kier molecular flexibility index (Phi) is 4.17. The van der Waals surface area contributed by atoms with E-state index in [-0.39, 0.29) is 0 Å². The van der Waals surface area contributed by atoms with Crippen LogP contribution in [0, 0.1) is 0 Å². The number of aryl methyl sites for hydroxylation is 1. The first kappa shape index (κ1) is 21.0. The Hall–Kier alpha value is -5.02. The molecule has 3 aromatic heterocycles. The van der Waals surface area contributed by atoms with Crippen LogP contribution in [0.5, 0.6) is 0 Å². The number of hydrogen-bond donors (Lipinski definition) is 0. The van der Waals surface area contributed by atoms with E-state index in [9.17, 15) is 0 Å². The molecule has 0 atom stereocenters. The molecule has 3 heteroatoms. The van der Waals surface area contributed by atoms with Crippen molar-refractivity contribution in [2.45, 2.75) is 12.8 Å². The molecule has 8 aromatic rings. The largest absolute Gasteiger partial charge is 0.460 e. The molecule has 9 rings (SSSR count). The van der Waals surface area contributed by atoms with E-state index in [0.717, 1.165) is 29.9 Å². The molecule has 3 nitrogen and oxygen atoms in total. The highest BCUT2D eigenvalue weighted by Gasteiger charge is 2.22. The van der Waals surface area contributed by atoms with Crippen molar-refractivity contribution < 1.29 is 4.42 Å². The number of allylic oxidation sites excluding steroid dienone is 1. The van der Waals surface area contributed by atoms with Crippen LogP contribution < -0.4 is 0 Å². The van der Waals surface area contributed by atoms with E-state index < -0.39 is 0 Å². The lowest BCUT2D eigenvalue weighted by Gasteiger charge is -2.16. The van der Waals surface area contributed by atoms with Gasteiger partial charge in [-0.1, -0.05) is 72.8 Å². The monoisotopic (exact) mass is 500 g/mol. The summed E-state index contributed by atoms with van der Waals surface area (Å²) in [4.78, 5) is 0. The first-order valence-corrected chi connectivity index (χ1v) is 13.6. The Labute approximate surface area is 224 Å². The predicted molar refractivity (Wildman–Crippen MR) is 162 cm³/mol. The molecule has 0 saturated carbocycles. The SMILES string of the molecule is C1=C(n2c3ccccc3c3ccccc32)CCc2oc3ccc(-n4c5ccccc5c5ccccc54)cc3c21. The number of nitrogens with zero attached hydrogens (tertiary/aromatic N) is 2. The minimum Gasteiger partial charge on any atom is -0.460 e. The fourth-order valence-electron chi connectivity index (χ4n) is 6.73. The van der Waals surface area contributed by atoms with Gasteiger partial charge in [-0.2, -0.15) is 0 Å². The van der Waals surface area contributed by atoms with Crippen LogP contribution >= 0.6 is 0 Å². The fraction of sp³-hybridized carbons (Fsp3) is 0.0556. The number of hydrogen-bond acceptors (Lipinski definition) is 1. The third-order valence-corrected chi connectivity index (χ3v) is 8.41. The zero-order valence-corrected chi connectivity index (χ0v) is 21.3. The van der Waals surface area contributed by atoms with E-state index in [1.165, 1.54) is 60.3 Å². The van der Waals surface area contributed by atoms with Gasteiger partial charge in [0.25, 0.3) is 0 Å². The molecule has 39 heavy (non-hydrogen) atoms. The molecule has 0 radical (unpaired) electrons. The molecule has 5 aromatic carbocycles. The van der Waals surface area contributed by atoms with E-state index in [1.54, 1.807) is 0 Å². The topological polar surface area (TPSA) is 23.0 Å². The maximum absolute atomic E-state index is 6.42. The second-order valence-corrected chi connectivity index (χ2v) is 10.5. The van der Waals surface area contributed by atoms with Crippen molar-refractivity contribution >= 4 is 66.4 Å². The predicted octanol–water partition coefficient (Wildman–Crippen LogP) is 9.58. The van der Waals surface area contributed by atoms with Crippen molar-refractivity contribution in [3.63, 3.8) is 0 Å². The van der Waals surface area contributed by atoms with Crippen LogP contribution in [-0.2, 0) is 6.42 Å². The summed E-state index contributed by atoms with van der Waals surface area (Å²) in [6.07, 6.45) is 4.19. The minimum atomic E-state index is 0.890. The molecule has 3 heterocycles. The highest BCUT2D eigenvalue weighted by atomic mass is 16.3. The smallest absolute Gasteiger partial charge is 0.135 e. The van der Waals surface area contributed by atoms with Crippen molar-refractivity contribution in [2.75, 3.05) is 0 Å². The Bertz CT molecular complexity index is 2180. The Morgan fingerprint density at radius 2 is 1.00 bits per heavy atom. The lowest BCUT2D eigenvalue weighted by molar-refractivity contribution is 0.546. The molecule has 0 unspecified atom stereocenters. The molecule has 0 amide bonds. The summed E-state index contributed by atoms with van der Waals surface area (Å²) >= 11 is 0. The van der Waals surface area contributed by atoms with Crippen molar-refractivity contribution in [1.82, 2.24) is 9.13 Å². The minimum absolute atomic E-state index is 0.890. The van der Waals surface area contributed by atoms with Gasteiger partial charge in [0.15, 0.2) is 0 Å². The van der Waals surface area contributed by atoms with E-state index in [1.807, 2.05) is 0 Å². The van der Waals surface area contributed by atoms with Crippen LogP contribution in [0.4, 0.5) is 0 Å². The number of benzene rings is 5. The van der Waals surface area contributed by atoms with Crippen LogP contribution in [0.1, 0.15) is 17.7 Å². The quantitative estimate of drug-likeness (QED) is 0.232. The van der Waals surface area contributed by atoms with Gasteiger partial charge < -0.3 is 13.6 Å². The molecule has 1 aliphatic carbocycles. The van der Waals surface area contributed by atoms with Crippen LogP contribution in [0.2, 0.25) is 0 Å². The van der Waals surface area contributed by atoms with Gasteiger partial charge in [0.2, 0.25) is 0 Å². The highest BCUT2D eigenvalue weighted by molar-refractivity contribution is 6.12. The van der Waals surface area contributed by atoms with E-state index >= 15 is 0 Å². The van der Waals surface area contributed by atoms with Gasteiger partial charge in [0.05, 0.1) is 22.1 Å².